The third-order valence-electron chi connectivity index (χ3n) is 2.86. The summed E-state index contributed by atoms with van der Waals surface area (Å²) in [4.78, 5) is 5.51. The highest BCUT2D eigenvalue weighted by molar-refractivity contribution is 7.18. The summed E-state index contributed by atoms with van der Waals surface area (Å²) in [5.41, 5.74) is 1.12. The Morgan fingerprint density at radius 1 is 1.26 bits per heavy atom. The van der Waals surface area contributed by atoms with Gasteiger partial charge in [0.15, 0.2) is 16.6 Å². The van der Waals surface area contributed by atoms with Crippen molar-refractivity contribution in [1.82, 2.24) is 4.98 Å². The third kappa shape index (κ3) is 2.66. The number of hydrogen-bond acceptors (Lipinski definition) is 5. The second-order valence-electron chi connectivity index (χ2n) is 4.31. The molecule has 0 aliphatic carbocycles. The molecule has 0 saturated carbocycles. The number of benzene rings is 1. The quantitative estimate of drug-likeness (QED) is 0.929. The van der Waals surface area contributed by atoms with Gasteiger partial charge in [-0.05, 0) is 30.2 Å². The maximum Gasteiger partial charge on any atom is 0.183 e. The maximum absolute atomic E-state index is 5.60. The van der Waals surface area contributed by atoms with E-state index in [1.165, 1.54) is 0 Å². The van der Waals surface area contributed by atoms with E-state index in [-0.39, 0.29) is 0 Å². The zero-order chi connectivity index (χ0) is 13.1. The molecule has 0 amide bonds. The van der Waals surface area contributed by atoms with Crippen molar-refractivity contribution in [3.8, 4) is 21.9 Å². The first-order valence-corrected chi connectivity index (χ1v) is 7.28. The molecule has 100 valence electrons. The Kier molecular flexibility index (Phi) is 3.55. The molecular formula is C14H16N2O2S. The second-order valence-corrected chi connectivity index (χ2v) is 5.35. The lowest BCUT2D eigenvalue weighted by molar-refractivity contribution is 0.171. The summed E-state index contributed by atoms with van der Waals surface area (Å²) < 4.78 is 11.1. The smallest absolute Gasteiger partial charge is 0.183 e. The molecule has 1 aromatic carbocycles. The molecule has 0 radical (unpaired) electrons. The predicted octanol–water partition coefficient (Wildman–Crippen LogP) is 3.40. The molecular weight excluding hydrogens is 260 g/mol. The number of thiazole rings is 1. The van der Waals surface area contributed by atoms with Crippen molar-refractivity contribution < 1.29 is 9.47 Å². The van der Waals surface area contributed by atoms with Gasteiger partial charge in [-0.3, -0.25) is 0 Å². The van der Waals surface area contributed by atoms with E-state index in [4.69, 9.17) is 9.47 Å². The standard InChI is InChI=1S/C14H16N2O2S/c1-2-5-15-14-16-9-13(19-14)10-3-4-11-12(8-10)18-7-6-17-11/h3-4,8-9H,2,5-7H2,1H3,(H,15,16). The summed E-state index contributed by atoms with van der Waals surface area (Å²) in [7, 11) is 0. The molecule has 1 N–H and O–H groups in total. The van der Waals surface area contributed by atoms with E-state index in [0.717, 1.165) is 40.0 Å². The maximum atomic E-state index is 5.60. The third-order valence-corrected chi connectivity index (χ3v) is 3.86. The zero-order valence-corrected chi connectivity index (χ0v) is 11.6. The van der Waals surface area contributed by atoms with Crippen LogP contribution in [0.5, 0.6) is 11.5 Å². The molecule has 0 bridgehead atoms. The SMILES string of the molecule is CCCNc1ncc(-c2ccc3c(c2)OCCO3)s1. The van der Waals surface area contributed by atoms with E-state index in [2.05, 4.69) is 17.2 Å². The van der Waals surface area contributed by atoms with Crippen LogP contribution < -0.4 is 14.8 Å². The van der Waals surface area contributed by atoms with Crippen LogP contribution in [0.4, 0.5) is 5.13 Å². The molecule has 1 aromatic heterocycles. The van der Waals surface area contributed by atoms with Gasteiger partial charge in [0, 0.05) is 12.7 Å². The first-order valence-electron chi connectivity index (χ1n) is 6.46. The lowest BCUT2D eigenvalue weighted by Crippen LogP contribution is -2.15. The normalized spacial score (nSPS) is 13.3. The monoisotopic (exact) mass is 276 g/mol. The summed E-state index contributed by atoms with van der Waals surface area (Å²) in [6.07, 6.45) is 2.99. The highest BCUT2D eigenvalue weighted by atomic mass is 32.1. The lowest BCUT2D eigenvalue weighted by Gasteiger charge is -2.18. The van der Waals surface area contributed by atoms with Crippen LogP contribution in [0.3, 0.4) is 0 Å². The fourth-order valence-corrected chi connectivity index (χ4v) is 2.76. The number of fused-ring (bicyclic) bond motifs is 1. The molecule has 0 spiro atoms. The van der Waals surface area contributed by atoms with Gasteiger partial charge in [0.1, 0.15) is 13.2 Å². The molecule has 0 unspecified atom stereocenters. The Morgan fingerprint density at radius 3 is 2.95 bits per heavy atom. The van der Waals surface area contributed by atoms with Crippen LogP contribution in [-0.4, -0.2) is 24.7 Å². The number of nitrogens with zero attached hydrogens (tertiary/aromatic N) is 1. The minimum atomic E-state index is 0.614. The van der Waals surface area contributed by atoms with Crippen molar-refractivity contribution in [2.24, 2.45) is 0 Å². The van der Waals surface area contributed by atoms with E-state index in [0.29, 0.717) is 13.2 Å². The van der Waals surface area contributed by atoms with Crippen molar-refractivity contribution in [1.29, 1.82) is 0 Å². The fourth-order valence-electron chi connectivity index (χ4n) is 1.92. The Hall–Kier alpha value is -1.75. The summed E-state index contributed by atoms with van der Waals surface area (Å²) in [5, 5.41) is 4.26. The molecule has 1 aliphatic rings. The Labute approximate surface area is 116 Å². The largest absolute Gasteiger partial charge is 0.486 e. The van der Waals surface area contributed by atoms with Crippen LogP contribution in [0.15, 0.2) is 24.4 Å². The fraction of sp³-hybridized carbons (Fsp3) is 0.357. The van der Waals surface area contributed by atoms with E-state index < -0.39 is 0 Å². The predicted molar refractivity (Wildman–Crippen MR) is 77.3 cm³/mol. The van der Waals surface area contributed by atoms with Crippen LogP contribution in [0.2, 0.25) is 0 Å². The number of ether oxygens (including phenoxy) is 2. The summed E-state index contributed by atoms with van der Waals surface area (Å²) in [5.74, 6) is 1.64. The highest BCUT2D eigenvalue weighted by Gasteiger charge is 2.13. The van der Waals surface area contributed by atoms with E-state index >= 15 is 0 Å². The van der Waals surface area contributed by atoms with Gasteiger partial charge < -0.3 is 14.8 Å². The summed E-state index contributed by atoms with van der Waals surface area (Å²) in [6.45, 7) is 4.33. The molecule has 2 aromatic rings. The molecule has 0 saturated heterocycles. The second kappa shape index (κ2) is 5.48. The minimum Gasteiger partial charge on any atom is -0.486 e. The Bertz CT molecular complexity index is 568. The summed E-state index contributed by atoms with van der Waals surface area (Å²) in [6, 6.07) is 6.03. The van der Waals surface area contributed by atoms with Gasteiger partial charge in [0.25, 0.3) is 0 Å². The minimum absolute atomic E-state index is 0.614. The van der Waals surface area contributed by atoms with Crippen LogP contribution in [0.25, 0.3) is 10.4 Å². The van der Waals surface area contributed by atoms with Crippen molar-refractivity contribution in [2.75, 3.05) is 25.1 Å². The Morgan fingerprint density at radius 2 is 2.11 bits per heavy atom. The van der Waals surface area contributed by atoms with Gasteiger partial charge in [-0.15, -0.1) is 0 Å². The molecule has 3 rings (SSSR count). The first kappa shape index (κ1) is 12.3. The van der Waals surface area contributed by atoms with Gasteiger partial charge in [-0.1, -0.05) is 18.3 Å². The molecule has 0 atom stereocenters. The van der Waals surface area contributed by atoms with E-state index in [9.17, 15) is 0 Å². The van der Waals surface area contributed by atoms with Crippen LogP contribution in [0.1, 0.15) is 13.3 Å². The van der Waals surface area contributed by atoms with Gasteiger partial charge >= 0.3 is 0 Å². The summed E-state index contributed by atoms with van der Waals surface area (Å²) >= 11 is 1.66. The van der Waals surface area contributed by atoms with Crippen LogP contribution in [-0.2, 0) is 0 Å². The van der Waals surface area contributed by atoms with Gasteiger partial charge in [-0.25, -0.2) is 4.98 Å². The van der Waals surface area contributed by atoms with Crippen LogP contribution >= 0.6 is 11.3 Å². The number of anilines is 1. The van der Waals surface area contributed by atoms with Crippen molar-refractivity contribution >= 4 is 16.5 Å². The van der Waals surface area contributed by atoms with Gasteiger partial charge in [-0.2, -0.15) is 0 Å². The van der Waals surface area contributed by atoms with Gasteiger partial charge in [0.2, 0.25) is 0 Å². The number of aromatic nitrogens is 1. The van der Waals surface area contributed by atoms with E-state index in [1.807, 2.05) is 24.4 Å². The van der Waals surface area contributed by atoms with E-state index in [1.54, 1.807) is 11.3 Å². The zero-order valence-electron chi connectivity index (χ0n) is 10.8. The van der Waals surface area contributed by atoms with Crippen molar-refractivity contribution in [3.63, 3.8) is 0 Å². The number of nitrogens with one attached hydrogen (secondary N) is 1. The molecule has 1 aliphatic heterocycles. The Balaban J connectivity index is 1.83. The average molecular weight is 276 g/mol. The van der Waals surface area contributed by atoms with Crippen LogP contribution in [0, 0.1) is 0 Å². The molecule has 2 heterocycles. The number of hydrogen-bond donors (Lipinski definition) is 1. The lowest BCUT2D eigenvalue weighted by atomic mass is 10.2. The highest BCUT2D eigenvalue weighted by Crippen LogP contribution is 2.37. The van der Waals surface area contributed by atoms with Gasteiger partial charge in [0.05, 0.1) is 4.88 Å². The van der Waals surface area contributed by atoms with Crippen molar-refractivity contribution in [3.05, 3.63) is 24.4 Å². The molecule has 5 heteroatoms. The average Bonchev–Trinajstić information content (AvgIpc) is 2.93. The molecule has 0 fully saturated rings. The number of rotatable bonds is 4. The molecule has 19 heavy (non-hydrogen) atoms. The topological polar surface area (TPSA) is 43.4 Å². The van der Waals surface area contributed by atoms with Crippen molar-refractivity contribution in [2.45, 2.75) is 13.3 Å². The molecule has 4 nitrogen and oxygen atoms in total. The first-order chi connectivity index (χ1) is 9.36.